The van der Waals surface area contributed by atoms with Gasteiger partial charge in [0, 0.05) is 0 Å². The van der Waals surface area contributed by atoms with Gasteiger partial charge in [0.25, 0.3) is 0 Å². The van der Waals surface area contributed by atoms with E-state index in [1.807, 2.05) is 0 Å². The van der Waals surface area contributed by atoms with Crippen molar-refractivity contribution in [1.29, 1.82) is 0 Å². The van der Waals surface area contributed by atoms with Gasteiger partial charge in [-0.2, -0.15) is 0 Å². The average molecular weight is 151 g/mol. The van der Waals surface area contributed by atoms with Crippen molar-refractivity contribution in [1.82, 2.24) is 0 Å². The second-order valence-electron chi connectivity index (χ2n) is 0.513. The van der Waals surface area contributed by atoms with E-state index >= 15 is 0 Å². The number of hydrogen-bond donors (Lipinski definition) is 4. The summed E-state index contributed by atoms with van der Waals surface area (Å²) in [5, 5.41) is 0. The molecule has 0 unspecified atom stereocenters. The molecule has 46 valence electrons. The molecule has 0 aromatic rings. The molecule has 0 aromatic carbocycles. The van der Waals surface area contributed by atoms with Gasteiger partial charge >= 0.3 is 37.4 Å². The first-order valence-corrected chi connectivity index (χ1v) is 2.76. The monoisotopic (exact) mass is 151 g/mol. The minimum Gasteiger partial charge on any atom is -0.486 e. The first kappa shape index (κ1) is 16.0. The molecule has 0 spiro atoms. The van der Waals surface area contributed by atoms with Crippen LogP contribution in [0.3, 0.4) is 0 Å². The number of phosphoric acid groups is 1. The molecular weight excluding hydrogens is 144 g/mol. The van der Waals surface area contributed by atoms with E-state index in [2.05, 4.69) is 12.8 Å². The molecule has 5 nitrogen and oxygen atoms in total. The van der Waals surface area contributed by atoms with E-state index in [0.29, 0.717) is 0 Å². The number of rotatable bonds is 0. The fourth-order valence-corrected chi connectivity index (χ4v) is 0. The van der Waals surface area contributed by atoms with Gasteiger partial charge in [0.05, 0.1) is 0 Å². The fourth-order valence-electron chi connectivity index (χ4n) is 0. The Morgan fingerprint density at radius 2 is 1.25 bits per heavy atom. The van der Waals surface area contributed by atoms with Crippen LogP contribution in [0.1, 0.15) is 0 Å². The van der Waals surface area contributed by atoms with E-state index < -0.39 is 7.82 Å². The van der Waals surface area contributed by atoms with Crippen LogP contribution in [-0.2, 0) is 4.57 Å². The van der Waals surface area contributed by atoms with Gasteiger partial charge in [-0.25, -0.2) is 4.57 Å². The van der Waals surface area contributed by atoms with Crippen LogP contribution in [0.25, 0.3) is 0 Å². The van der Waals surface area contributed by atoms with Crippen LogP contribution >= 0.6 is 7.82 Å². The maximum Gasteiger partial charge on any atom is 1.00 e. The van der Waals surface area contributed by atoms with Crippen LogP contribution < -0.4 is 35.3 Å². The maximum atomic E-state index is 8.88. The van der Waals surface area contributed by atoms with Gasteiger partial charge < -0.3 is 20.4 Å². The van der Waals surface area contributed by atoms with Crippen molar-refractivity contribution in [3.05, 3.63) is 7.05 Å². The van der Waals surface area contributed by atoms with E-state index in [4.69, 9.17) is 19.2 Å². The summed E-state index contributed by atoms with van der Waals surface area (Å²) in [5.74, 6) is 0. The molecule has 0 heterocycles. The second-order valence-corrected chi connectivity index (χ2v) is 1.54. The molecule has 0 rings (SSSR count). The van der Waals surface area contributed by atoms with E-state index in [1.54, 1.807) is 0 Å². The molecule has 0 radical (unpaired) electrons. The van der Waals surface area contributed by atoms with Gasteiger partial charge in [-0.3, -0.25) is 7.05 Å². The van der Waals surface area contributed by atoms with Crippen molar-refractivity contribution in [2.75, 3.05) is 0 Å². The fraction of sp³-hybridized carbons (Fsp3) is 0. The molecule has 0 aromatic heterocycles. The summed E-state index contributed by atoms with van der Waals surface area (Å²) in [6.07, 6.45) is 0. The zero-order valence-electron chi connectivity index (χ0n) is 4.48. The van der Waals surface area contributed by atoms with Crippen LogP contribution in [-0.4, -0.2) is 14.7 Å². The standard InChI is InChI=1S/CH4N.Na.H3O4P/c1-2;;1-5(2,3)4/h1-2H2;;(H3,1,2,3,4)/q-1;+1;. The largest absolute Gasteiger partial charge is 1.00 e. The number of hydrogen-bond acceptors (Lipinski definition) is 2. The van der Waals surface area contributed by atoms with Gasteiger partial charge in [0.1, 0.15) is 0 Å². The quantitative estimate of drug-likeness (QED) is 0.160. The van der Waals surface area contributed by atoms with Crippen molar-refractivity contribution in [3.63, 3.8) is 0 Å². The topological polar surface area (TPSA) is 104 Å². The van der Waals surface area contributed by atoms with E-state index in [0.717, 1.165) is 0 Å². The predicted molar refractivity (Wildman–Crippen MR) is 23.8 cm³/mol. The molecule has 7 heteroatoms. The second kappa shape index (κ2) is 8.07. The van der Waals surface area contributed by atoms with Crippen molar-refractivity contribution < 1.29 is 48.8 Å². The summed E-state index contributed by atoms with van der Waals surface area (Å²) in [5.41, 5.74) is 4.25. The molecule has 5 N–H and O–H groups in total. The number of nitrogens with two attached hydrogens (primary N) is 1. The van der Waals surface area contributed by atoms with Crippen LogP contribution in [0, 0.1) is 7.05 Å². The zero-order chi connectivity index (χ0) is 6.50. The van der Waals surface area contributed by atoms with Gasteiger partial charge in [0.15, 0.2) is 0 Å². The molecule has 0 saturated carbocycles. The third-order valence-corrected chi connectivity index (χ3v) is 0. The van der Waals surface area contributed by atoms with Crippen molar-refractivity contribution in [3.8, 4) is 0 Å². The summed E-state index contributed by atoms with van der Waals surface area (Å²) in [7, 11) is -1.89. The molecular formula is CH7NNaO4P. The molecule has 0 aliphatic carbocycles. The summed E-state index contributed by atoms with van der Waals surface area (Å²) in [6.45, 7) is 0. The summed E-state index contributed by atoms with van der Waals surface area (Å²) < 4.78 is 8.88. The molecule has 8 heavy (non-hydrogen) atoms. The van der Waals surface area contributed by atoms with Crippen molar-refractivity contribution in [2.45, 2.75) is 0 Å². The molecule has 0 aliphatic heterocycles. The molecule has 0 amide bonds. The Morgan fingerprint density at radius 1 is 1.25 bits per heavy atom. The van der Waals surface area contributed by atoms with Crippen LogP contribution in [0.4, 0.5) is 0 Å². The third-order valence-electron chi connectivity index (χ3n) is 0. The Balaban J connectivity index is -0.0000000750. The first-order chi connectivity index (χ1) is 3.00. The predicted octanol–water partition coefficient (Wildman–Crippen LogP) is -4.19. The minimum absolute atomic E-state index is 0. The van der Waals surface area contributed by atoms with Crippen molar-refractivity contribution >= 4 is 7.82 Å². The minimum atomic E-state index is -4.64. The molecule has 0 aliphatic rings. The molecule has 0 bridgehead atoms. The normalized spacial score (nSPS) is 8.12. The Kier molecular flexibility index (Phi) is 16.2. The third kappa shape index (κ3) is 228. The Bertz CT molecular complexity index is 62.2. The Labute approximate surface area is 69.4 Å². The molecule has 0 fully saturated rings. The van der Waals surface area contributed by atoms with E-state index in [1.165, 1.54) is 0 Å². The first-order valence-electron chi connectivity index (χ1n) is 1.19. The summed E-state index contributed by atoms with van der Waals surface area (Å²) in [4.78, 5) is 21.6. The maximum absolute atomic E-state index is 8.88. The van der Waals surface area contributed by atoms with Gasteiger partial charge in [-0.1, -0.05) is 0 Å². The van der Waals surface area contributed by atoms with Crippen LogP contribution in [0.2, 0.25) is 0 Å². The SMILES string of the molecule is O=P(O)(O)O.[CH2-]N.[Na+]. The smallest absolute Gasteiger partial charge is 0.486 e. The summed E-state index contributed by atoms with van der Waals surface area (Å²) >= 11 is 0. The van der Waals surface area contributed by atoms with E-state index in [9.17, 15) is 0 Å². The van der Waals surface area contributed by atoms with Gasteiger partial charge in [-0.15, -0.1) is 0 Å². The summed E-state index contributed by atoms with van der Waals surface area (Å²) in [6, 6.07) is 0. The van der Waals surface area contributed by atoms with E-state index in [-0.39, 0.29) is 29.6 Å². The zero-order valence-corrected chi connectivity index (χ0v) is 7.38. The van der Waals surface area contributed by atoms with Crippen molar-refractivity contribution in [2.24, 2.45) is 5.73 Å². The van der Waals surface area contributed by atoms with Gasteiger partial charge in [0.2, 0.25) is 0 Å². The Morgan fingerprint density at radius 3 is 1.25 bits per heavy atom. The average Bonchev–Trinajstić information content (AvgIpc) is 1.36. The van der Waals surface area contributed by atoms with Crippen LogP contribution in [0.15, 0.2) is 0 Å². The molecule has 0 saturated heterocycles. The molecule has 0 atom stereocenters. The Hall–Kier alpha value is 1.07. The van der Waals surface area contributed by atoms with Crippen LogP contribution in [0.5, 0.6) is 0 Å². The van der Waals surface area contributed by atoms with Gasteiger partial charge in [-0.05, 0) is 0 Å².